The van der Waals surface area contributed by atoms with Gasteiger partial charge in [0, 0.05) is 12.3 Å². The van der Waals surface area contributed by atoms with Gasteiger partial charge in [-0.2, -0.15) is 11.8 Å². The molecule has 1 aromatic rings. The fourth-order valence-corrected chi connectivity index (χ4v) is 2.52. The van der Waals surface area contributed by atoms with Crippen molar-refractivity contribution in [2.75, 3.05) is 25.2 Å². The van der Waals surface area contributed by atoms with Gasteiger partial charge in [0.1, 0.15) is 5.75 Å². The monoisotopic (exact) mass is 311 g/mol. The minimum absolute atomic E-state index is 0.0453. The third-order valence-electron chi connectivity index (χ3n) is 3.04. The number of benzene rings is 1. The zero-order valence-corrected chi connectivity index (χ0v) is 14.0. The minimum atomic E-state index is -0.895. The Morgan fingerprint density at radius 2 is 2.00 bits per heavy atom. The van der Waals surface area contributed by atoms with Gasteiger partial charge in [-0.25, -0.2) is 0 Å². The molecular weight excluding hydrogens is 286 g/mol. The number of nitrogens with one attached hydrogen (secondary N) is 1. The molecule has 0 saturated heterocycles. The summed E-state index contributed by atoms with van der Waals surface area (Å²) in [5, 5.41) is 12.6. The lowest BCUT2D eigenvalue weighted by molar-refractivity contribution is -0.124. The van der Waals surface area contributed by atoms with Gasteiger partial charge in [-0.3, -0.25) is 4.79 Å². The number of aliphatic hydroxyl groups is 1. The Bertz CT molecular complexity index is 443. The number of carbonyl (C=O) groups is 1. The third kappa shape index (κ3) is 6.87. The molecule has 2 N–H and O–H groups in total. The van der Waals surface area contributed by atoms with E-state index in [9.17, 15) is 9.90 Å². The van der Waals surface area contributed by atoms with E-state index in [1.54, 1.807) is 18.7 Å². The van der Waals surface area contributed by atoms with Crippen LogP contribution in [0, 0.1) is 0 Å². The van der Waals surface area contributed by atoms with Crippen molar-refractivity contribution in [1.82, 2.24) is 5.32 Å². The highest BCUT2D eigenvalue weighted by Gasteiger charge is 2.20. The summed E-state index contributed by atoms with van der Waals surface area (Å²) in [4.78, 5) is 11.7. The number of rotatable bonds is 8. The molecule has 0 radical (unpaired) electrons. The van der Waals surface area contributed by atoms with Crippen LogP contribution in [0.25, 0.3) is 0 Å². The van der Waals surface area contributed by atoms with Gasteiger partial charge in [-0.05, 0) is 36.8 Å². The van der Waals surface area contributed by atoms with Crippen molar-refractivity contribution >= 4 is 17.7 Å². The maximum atomic E-state index is 11.7. The summed E-state index contributed by atoms with van der Waals surface area (Å²) in [7, 11) is 0. The molecule has 1 atom stereocenters. The predicted octanol–water partition coefficient (Wildman–Crippen LogP) is 2.42. The van der Waals surface area contributed by atoms with Crippen LogP contribution in [0.2, 0.25) is 0 Å². The molecule has 0 heterocycles. The Hall–Kier alpha value is -1.20. The lowest BCUT2D eigenvalue weighted by Gasteiger charge is -2.22. The van der Waals surface area contributed by atoms with E-state index in [1.807, 2.05) is 30.5 Å². The van der Waals surface area contributed by atoms with Crippen LogP contribution in [0.5, 0.6) is 5.75 Å². The first-order valence-electron chi connectivity index (χ1n) is 7.05. The van der Waals surface area contributed by atoms with Gasteiger partial charge in [0.05, 0.1) is 5.60 Å². The Balaban J connectivity index is 2.36. The van der Waals surface area contributed by atoms with E-state index >= 15 is 0 Å². The quantitative estimate of drug-likeness (QED) is 0.774. The molecular formula is C16H25NO3S. The number of hydrogen-bond acceptors (Lipinski definition) is 4. The Kier molecular flexibility index (Phi) is 7.05. The van der Waals surface area contributed by atoms with Gasteiger partial charge < -0.3 is 15.2 Å². The van der Waals surface area contributed by atoms with E-state index in [2.05, 4.69) is 19.2 Å². The first-order chi connectivity index (χ1) is 9.84. The maximum Gasteiger partial charge on any atom is 0.258 e. The summed E-state index contributed by atoms with van der Waals surface area (Å²) in [5.41, 5.74) is 0.341. The molecule has 1 aromatic carbocycles. The van der Waals surface area contributed by atoms with Crippen LogP contribution in [0.3, 0.4) is 0 Å². The average molecular weight is 311 g/mol. The van der Waals surface area contributed by atoms with Gasteiger partial charge >= 0.3 is 0 Å². The summed E-state index contributed by atoms with van der Waals surface area (Å²) in [6.07, 6.45) is 1.92. The second kappa shape index (κ2) is 8.29. The Morgan fingerprint density at radius 3 is 2.52 bits per heavy atom. The first kappa shape index (κ1) is 17.9. The van der Waals surface area contributed by atoms with Gasteiger partial charge in [0.2, 0.25) is 0 Å². The first-order valence-corrected chi connectivity index (χ1v) is 8.44. The molecule has 0 bridgehead atoms. The zero-order valence-electron chi connectivity index (χ0n) is 13.2. The van der Waals surface area contributed by atoms with Crippen molar-refractivity contribution in [3.8, 4) is 5.75 Å². The second-order valence-electron chi connectivity index (χ2n) is 5.72. The van der Waals surface area contributed by atoms with Crippen LogP contribution in [-0.2, 0) is 4.79 Å². The van der Waals surface area contributed by atoms with Crippen LogP contribution < -0.4 is 10.1 Å². The molecule has 0 saturated carbocycles. The number of thioether (sulfide) groups is 1. The van der Waals surface area contributed by atoms with E-state index in [4.69, 9.17) is 4.74 Å². The fourth-order valence-electron chi connectivity index (χ4n) is 1.80. The van der Waals surface area contributed by atoms with E-state index < -0.39 is 5.60 Å². The van der Waals surface area contributed by atoms with Crippen molar-refractivity contribution < 1.29 is 14.6 Å². The van der Waals surface area contributed by atoms with E-state index in [0.717, 1.165) is 0 Å². The Morgan fingerprint density at radius 1 is 1.38 bits per heavy atom. The summed E-state index contributed by atoms with van der Waals surface area (Å²) >= 11 is 1.54. The highest BCUT2D eigenvalue weighted by molar-refractivity contribution is 7.98. The van der Waals surface area contributed by atoms with Crippen LogP contribution in [0.1, 0.15) is 32.3 Å². The van der Waals surface area contributed by atoms with Crippen LogP contribution in [0.4, 0.5) is 0 Å². The molecule has 0 spiro atoms. The number of amides is 1. The molecule has 0 aromatic heterocycles. The highest BCUT2D eigenvalue weighted by atomic mass is 32.2. The zero-order chi connectivity index (χ0) is 15.9. The largest absolute Gasteiger partial charge is 0.484 e. The maximum absolute atomic E-state index is 11.7. The SMILES string of the molecule is CSCC(C)(O)CNC(=O)COc1ccc(C(C)C)cc1. The summed E-state index contributed by atoms with van der Waals surface area (Å²) in [5.74, 6) is 1.49. The normalized spacial score (nSPS) is 13.8. The smallest absolute Gasteiger partial charge is 0.258 e. The van der Waals surface area contributed by atoms with Gasteiger partial charge in [-0.1, -0.05) is 26.0 Å². The lowest BCUT2D eigenvalue weighted by atomic mass is 10.0. The second-order valence-corrected chi connectivity index (χ2v) is 6.59. The molecule has 5 heteroatoms. The summed E-state index contributed by atoms with van der Waals surface area (Å²) in [6, 6.07) is 7.74. The van der Waals surface area contributed by atoms with Crippen molar-refractivity contribution in [2.24, 2.45) is 0 Å². The van der Waals surface area contributed by atoms with E-state index in [-0.39, 0.29) is 19.1 Å². The standard InChI is InChI=1S/C16H25NO3S/c1-12(2)13-5-7-14(8-6-13)20-9-15(18)17-10-16(3,19)11-21-4/h5-8,12,19H,9-11H2,1-4H3,(H,17,18). The van der Waals surface area contributed by atoms with Crippen molar-refractivity contribution in [3.63, 3.8) is 0 Å². The average Bonchev–Trinajstić information content (AvgIpc) is 2.43. The molecule has 1 unspecified atom stereocenters. The van der Waals surface area contributed by atoms with Crippen molar-refractivity contribution in [1.29, 1.82) is 0 Å². The van der Waals surface area contributed by atoms with Crippen molar-refractivity contribution in [3.05, 3.63) is 29.8 Å². The van der Waals surface area contributed by atoms with E-state index in [1.165, 1.54) is 5.56 Å². The number of hydrogen-bond donors (Lipinski definition) is 2. The molecule has 4 nitrogen and oxygen atoms in total. The molecule has 1 amide bonds. The van der Waals surface area contributed by atoms with Crippen LogP contribution >= 0.6 is 11.8 Å². The van der Waals surface area contributed by atoms with Crippen LogP contribution in [-0.4, -0.2) is 41.8 Å². The van der Waals surface area contributed by atoms with Gasteiger partial charge in [0.25, 0.3) is 5.91 Å². The third-order valence-corrected chi connectivity index (χ3v) is 3.95. The lowest BCUT2D eigenvalue weighted by Crippen LogP contribution is -2.43. The molecule has 0 aliphatic rings. The Labute approximate surface area is 131 Å². The van der Waals surface area contributed by atoms with Gasteiger partial charge in [0.15, 0.2) is 6.61 Å². The topological polar surface area (TPSA) is 58.6 Å². The van der Waals surface area contributed by atoms with Gasteiger partial charge in [-0.15, -0.1) is 0 Å². The number of carbonyl (C=O) groups excluding carboxylic acids is 1. The molecule has 118 valence electrons. The van der Waals surface area contributed by atoms with E-state index in [0.29, 0.717) is 17.4 Å². The summed E-state index contributed by atoms with van der Waals surface area (Å²) < 4.78 is 5.43. The summed E-state index contributed by atoms with van der Waals surface area (Å²) in [6.45, 7) is 6.14. The predicted molar refractivity (Wildman–Crippen MR) is 88.0 cm³/mol. The minimum Gasteiger partial charge on any atom is -0.484 e. The highest BCUT2D eigenvalue weighted by Crippen LogP contribution is 2.18. The molecule has 0 aliphatic heterocycles. The molecule has 0 fully saturated rings. The molecule has 1 rings (SSSR count). The molecule has 0 aliphatic carbocycles. The van der Waals surface area contributed by atoms with Crippen molar-refractivity contribution in [2.45, 2.75) is 32.3 Å². The molecule has 21 heavy (non-hydrogen) atoms. The van der Waals surface area contributed by atoms with Crippen LogP contribution in [0.15, 0.2) is 24.3 Å². The number of ether oxygens (including phenoxy) is 1. The fraction of sp³-hybridized carbons (Fsp3) is 0.562.